The Labute approximate surface area is 109 Å². The standard InChI is InChI=1S/C17H31/c1-4-7-8-9-10-11-12-13-14-16-17(6-3)15-5-2/h14,16H,4-13H2,1-3H3/b16-14+,17-15?. The molecule has 0 N–H and O–H groups in total. The van der Waals surface area contributed by atoms with E-state index in [9.17, 15) is 0 Å². The predicted molar refractivity (Wildman–Crippen MR) is 79.1 cm³/mol. The maximum atomic E-state index is 3.39. The Kier molecular flexibility index (Phi) is 13.1. The molecule has 0 aromatic carbocycles. The van der Waals surface area contributed by atoms with E-state index in [1.165, 1.54) is 56.9 Å². The monoisotopic (exact) mass is 235 g/mol. The fraction of sp³-hybridized carbons (Fsp3) is 0.765. The molecule has 1 radical (unpaired) electrons. The van der Waals surface area contributed by atoms with Gasteiger partial charge in [0.2, 0.25) is 0 Å². The van der Waals surface area contributed by atoms with E-state index >= 15 is 0 Å². The summed E-state index contributed by atoms with van der Waals surface area (Å²) in [6.45, 7) is 6.63. The van der Waals surface area contributed by atoms with Gasteiger partial charge in [-0.2, -0.15) is 0 Å². The summed E-state index contributed by atoms with van der Waals surface area (Å²) < 4.78 is 0. The summed E-state index contributed by atoms with van der Waals surface area (Å²) in [5, 5.41) is 0. The van der Waals surface area contributed by atoms with Gasteiger partial charge in [-0.3, -0.25) is 0 Å². The molecule has 0 aliphatic heterocycles. The molecule has 0 nitrogen and oxygen atoms in total. The Morgan fingerprint density at radius 1 is 0.882 bits per heavy atom. The highest BCUT2D eigenvalue weighted by Crippen LogP contribution is 2.10. The summed E-state index contributed by atoms with van der Waals surface area (Å²) in [7, 11) is 0. The van der Waals surface area contributed by atoms with Gasteiger partial charge < -0.3 is 0 Å². The highest BCUT2D eigenvalue weighted by molar-refractivity contribution is 5.14. The van der Waals surface area contributed by atoms with Crippen molar-refractivity contribution in [2.45, 2.75) is 85.0 Å². The van der Waals surface area contributed by atoms with Crippen molar-refractivity contribution >= 4 is 0 Å². The summed E-state index contributed by atoms with van der Waals surface area (Å²) in [5.41, 5.74) is 1.37. The molecular formula is C17H31. The number of rotatable bonds is 11. The van der Waals surface area contributed by atoms with Crippen molar-refractivity contribution in [3.63, 3.8) is 0 Å². The van der Waals surface area contributed by atoms with Crippen LogP contribution in [0, 0.1) is 6.08 Å². The lowest BCUT2D eigenvalue weighted by atomic mass is 10.1. The fourth-order valence-electron chi connectivity index (χ4n) is 1.97. The SMILES string of the molecule is CC/[C]=C(\C=C\CCCCCCCCC)CC. The summed E-state index contributed by atoms with van der Waals surface area (Å²) in [4.78, 5) is 0. The van der Waals surface area contributed by atoms with Crippen molar-refractivity contribution in [3.05, 3.63) is 23.8 Å². The number of hydrogen-bond donors (Lipinski definition) is 0. The van der Waals surface area contributed by atoms with Gasteiger partial charge in [0.05, 0.1) is 0 Å². The van der Waals surface area contributed by atoms with E-state index in [2.05, 4.69) is 39.0 Å². The van der Waals surface area contributed by atoms with Crippen molar-refractivity contribution in [2.75, 3.05) is 0 Å². The van der Waals surface area contributed by atoms with Crippen LogP contribution in [0.15, 0.2) is 17.7 Å². The molecule has 0 heteroatoms. The first-order valence-corrected chi connectivity index (χ1v) is 7.61. The van der Waals surface area contributed by atoms with Gasteiger partial charge in [-0.25, -0.2) is 0 Å². The maximum Gasteiger partial charge on any atom is -0.0302 e. The lowest BCUT2D eigenvalue weighted by Gasteiger charge is -1.99. The normalized spacial score (nSPS) is 12.5. The minimum Gasteiger partial charge on any atom is -0.0843 e. The molecule has 0 bridgehead atoms. The molecule has 0 spiro atoms. The third kappa shape index (κ3) is 11.7. The zero-order valence-corrected chi connectivity index (χ0v) is 12.2. The average molecular weight is 235 g/mol. The van der Waals surface area contributed by atoms with Crippen LogP contribution < -0.4 is 0 Å². The molecule has 0 aliphatic carbocycles. The molecule has 0 amide bonds. The van der Waals surface area contributed by atoms with Crippen LogP contribution in [0.1, 0.15) is 85.0 Å². The molecule has 0 unspecified atom stereocenters. The van der Waals surface area contributed by atoms with E-state index in [1.54, 1.807) is 0 Å². The third-order valence-corrected chi connectivity index (χ3v) is 3.08. The predicted octanol–water partition coefficient (Wildman–Crippen LogP) is 6.23. The second kappa shape index (κ2) is 13.5. The van der Waals surface area contributed by atoms with E-state index < -0.39 is 0 Å². The zero-order valence-electron chi connectivity index (χ0n) is 12.2. The highest BCUT2D eigenvalue weighted by Gasteiger charge is 1.90. The second-order valence-corrected chi connectivity index (χ2v) is 4.72. The molecule has 0 saturated carbocycles. The van der Waals surface area contributed by atoms with Gasteiger partial charge in [0.25, 0.3) is 0 Å². The molecular weight excluding hydrogens is 204 g/mol. The first-order chi connectivity index (χ1) is 8.35. The lowest BCUT2D eigenvalue weighted by molar-refractivity contribution is 0.592. The number of unbranched alkanes of at least 4 members (excludes halogenated alkanes) is 7. The van der Waals surface area contributed by atoms with Crippen LogP contribution >= 0.6 is 0 Å². The minimum absolute atomic E-state index is 1.03. The Hall–Kier alpha value is -0.520. The molecule has 99 valence electrons. The van der Waals surface area contributed by atoms with Crippen molar-refractivity contribution in [2.24, 2.45) is 0 Å². The largest absolute Gasteiger partial charge is 0.0843 e. The van der Waals surface area contributed by atoms with Gasteiger partial charge in [0, 0.05) is 0 Å². The van der Waals surface area contributed by atoms with Crippen molar-refractivity contribution in [1.29, 1.82) is 0 Å². The molecule has 0 saturated heterocycles. The smallest absolute Gasteiger partial charge is 0.0302 e. The summed E-state index contributed by atoms with van der Waals surface area (Å²) in [6, 6.07) is 0. The van der Waals surface area contributed by atoms with Crippen molar-refractivity contribution in [1.82, 2.24) is 0 Å². The van der Waals surface area contributed by atoms with Gasteiger partial charge in [-0.1, -0.05) is 71.4 Å². The van der Waals surface area contributed by atoms with Gasteiger partial charge in [0.15, 0.2) is 0 Å². The molecule has 0 fully saturated rings. The number of allylic oxidation sites excluding steroid dienone is 4. The van der Waals surface area contributed by atoms with Crippen LogP contribution in [0.3, 0.4) is 0 Å². The first-order valence-electron chi connectivity index (χ1n) is 7.61. The number of hydrogen-bond acceptors (Lipinski definition) is 0. The first kappa shape index (κ1) is 16.5. The topological polar surface area (TPSA) is 0 Å². The molecule has 0 aliphatic rings. The third-order valence-electron chi connectivity index (χ3n) is 3.08. The van der Waals surface area contributed by atoms with Crippen LogP contribution in [-0.4, -0.2) is 0 Å². The Morgan fingerprint density at radius 3 is 2.12 bits per heavy atom. The Morgan fingerprint density at radius 2 is 1.53 bits per heavy atom. The molecule has 0 aromatic rings. The maximum absolute atomic E-state index is 3.39. The summed E-state index contributed by atoms with van der Waals surface area (Å²) >= 11 is 0. The van der Waals surface area contributed by atoms with Crippen LogP contribution in [0.4, 0.5) is 0 Å². The van der Waals surface area contributed by atoms with Crippen molar-refractivity contribution < 1.29 is 0 Å². The van der Waals surface area contributed by atoms with Gasteiger partial charge in [0.1, 0.15) is 0 Å². The second-order valence-electron chi connectivity index (χ2n) is 4.72. The average Bonchev–Trinajstić information content (AvgIpc) is 2.35. The summed E-state index contributed by atoms with van der Waals surface area (Å²) in [5.74, 6) is 0. The summed E-state index contributed by atoms with van der Waals surface area (Å²) in [6.07, 6.45) is 21.2. The minimum atomic E-state index is 1.03. The van der Waals surface area contributed by atoms with E-state index in [0.29, 0.717) is 0 Å². The highest BCUT2D eigenvalue weighted by atomic mass is 14.0. The van der Waals surface area contributed by atoms with Crippen LogP contribution in [0.2, 0.25) is 0 Å². The van der Waals surface area contributed by atoms with Gasteiger partial charge >= 0.3 is 0 Å². The van der Waals surface area contributed by atoms with E-state index in [0.717, 1.165) is 12.8 Å². The van der Waals surface area contributed by atoms with Crippen molar-refractivity contribution in [3.8, 4) is 0 Å². The van der Waals surface area contributed by atoms with Gasteiger partial charge in [-0.15, -0.1) is 0 Å². The molecule has 0 rings (SSSR count). The Bertz CT molecular complexity index is 198. The van der Waals surface area contributed by atoms with E-state index in [4.69, 9.17) is 0 Å². The van der Waals surface area contributed by atoms with Crippen LogP contribution in [0.25, 0.3) is 0 Å². The van der Waals surface area contributed by atoms with Gasteiger partial charge in [-0.05, 0) is 37.3 Å². The van der Waals surface area contributed by atoms with Crippen LogP contribution in [-0.2, 0) is 0 Å². The quantitative estimate of drug-likeness (QED) is 0.294. The lowest BCUT2D eigenvalue weighted by Crippen LogP contribution is -1.79. The zero-order chi connectivity index (χ0) is 12.8. The molecule has 0 atom stereocenters. The van der Waals surface area contributed by atoms with Crippen LogP contribution in [0.5, 0.6) is 0 Å². The van der Waals surface area contributed by atoms with E-state index in [-0.39, 0.29) is 0 Å². The molecule has 17 heavy (non-hydrogen) atoms. The van der Waals surface area contributed by atoms with E-state index in [1.807, 2.05) is 0 Å². The molecule has 0 aromatic heterocycles. The fourth-order valence-corrected chi connectivity index (χ4v) is 1.97. The Balaban J connectivity index is 3.38. The molecule has 0 heterocycles.